The molecule has 7 nitrogen and oxygen atoms in total. The Bertz CT molecular complexity index is 932. The van der Waals surface area contributed by atoms with Crippen LogP contribution >= 0.6 is 0 Å². The van der Waals surface area contributed by atoms with E-state index < -0.39 is 0 Å². The number of amides is 2. The third-order valence-electron chi connectivity index (χ3n) is 6.20. The molecule has 3 aliphatic rings. The number of nitrogens with one attached hydrogen (secondary N) is 1. The lowest BCUT2D eigenvalue weighted by molar-refractivity contribution is -0.146. The molecule has 0 unspecified atom stereocenters. The Labute approximate surface area is 163 Å². The van der Waals surface area contributed by atoms with Crippen molar-refractivity contribution < 1.29 is 14.3 Å². The molecule has 0 radical (unpaired) electrons. The van der Waals surface area contributed by atoms with E-state index in [1.807, 2.05) is 36.9 Å². The average molecular weight is 380 g/mol. The monoisotopic (exact) mass is 380 g/mol. The van der Waals surface area contributed by atoms with Gasteiger partial charge in [-0.25, -0.2) is 0 Å². The van der Waals surface area contributed by atoms with E-state index in [-0.39, 0.29) is 30.5 Å². The first-order valence-corrected chi connectivity index (χ1v) is 9.82. The van der Waals surface area contributed by atoms with Crippen LogP contribution in [0.2, 0.25) is 0 Å². The van der Waals surface area contributed by atoms with Crippen molar-refractivity contribution in [2.75, 3.05) is 6.61 Å². The number of aromatic nitrogens is 2. The zero-order valence-corrected chi connectivity index (χ0v) is 16.1. The fourth-order valence-electron chi connectivity index (χ4n) is 4.54. The second-order valence-corrected chi connectivity index (χ2v) is 8.24. The van der Waals surface area contributed by atoms with Crippen LogP contribution in [0, 0.1) is 19.8 Å². The summed E-state index contributed by atoms with van der Waals surface area (Å²) in [4.78, 5) is 29.7. The Hall–Kier alpha value is -2.83. The number of aryl methyl sites for hydroxylation is 2. The van der Waals surface area contributed by atoms with Gasteiger partial charge in [-0.15, -0.1) is 0 Å². The van der Waals surface area contributed by atoms with E-state index in [0.29, 0.717) is 19.0 Å². The van der Waals surface area contributed by atoms with Crippen LogP contribution in [0.3, 0.4) is 0 Å². The maximum absolute atomic E-state index is 13.1. The molecule has 1 saturated heterocycles. The summed E-state index contributed by atoms with van der Waals surface area (Å²) < 4.78 is 5.82. The van der Waals surface area contributed by atoms with Crippen molar-refractivity contribution in [3.05, 3.63) is 46.8 Å². The van der Waals surface area contributed by atoms with Crippen LogP contribution in [0.5, 0.6) is 5.75 Å². The number of benzene rings is 1. The second-order valence-electron chi connectivity index (χ2n) is 8.24. The van der Waals surface area contributed by atoms with Gasteiger partial charge in [0.05, 0.1) is 18.4 Å². The minimum absolute atomic E-state index is 0.0275. The fourth-order valence-corrected chi connectivity index (χ4v) is 4.54. The summed E-state index contributed by atoms with van der Waals surface area (Å²) in [6.07, 6.45) is 3.54. The van der Waals surface area contributed by atoms with E-state index in [9.17, 15) is 9.59 Å². The number of hydrogen-bond donors (Lipinski definition) is 1. The SMILES string of the molecule is Cc1ccc(C)c(OCC(=O)N2[C@H](C(=O)N3Cc4cn[nH]c4C3)C[C@@H]3C[C@@H]32)c1. The number of ether oxygens (including phenoxy) is 1. The van der Waals surface area contributed by atoms with Crippen molar-refractivity contribution in [1.82, 2.24) is 20.0 Å². The van der Waals surface area contributed by atoms with E-state index in [0.717, 1.165) is 41.0 Å². The number of H-pyrrole nitrogens is 1. The number of fused-ring (bicyclic) bond motifs is 2. The second kappa shape index (κ2) is 6.36. The zero-order chi connectivity index (χ0) is 19.4. The summed E-state index contributed by atoms with van der Waals surface area (Å²) in [6.45, 7) is 5.05. The predicted molar refractivity (Wildman–Crippen MR) is 101 cm³/mol. The van der Waals surface area contributed by atoms with E-state index in [1.165, 1.54) is 0 Å². The van der Waals surface area contributed by atoms with Gasteiger partial charge >= 0.3 is 0 Å². The van der Waals surface area contributed by atoms with Gasteiger partial charge in [-0.2, -0.15) is 5.10 Å². The van der Waals surface area contributed by atoms with Gasteiger partial charge in [0.15, 0.2) is 6.61 Å². The van der Waals surface area contributed by atoms with Crippen LogP contribution in [0.1, 0.15) is 35.2 Å². The number of likely N-dealkylation sites (tertiary alicyclic amines) is 1. The van der Waals surface area contributed by atoms with Crippen molar-refractivity contribution in [3.63, 3.8) is 0 Å². The van der Waals surface area contributed by atoms with Gasteiger partial charge in [-0.3, -0.25) is 14.7 Å². The maximum atomic E-state index is 13.1. The van der Waals surface area contributed by atoms with Crippen molar-refractivity contribution in [2.24, 2.45) is 5.92 Å². The summed E-state index contributed by atoms with van der Waals surface area (Å²) in [5, 5.41) is 6.97. The van der Waals surface area contributed by atoms with Crippen molar-refractivity contribution in [3.8, 4) is 5.75 Å². The van der Waals surface area contributed by atoms with Crippen LogP contribution in [0.15, 0.2) is 24.4 Å². The summed E-state index contributed by atoms with van der Waals surface area (Å²) in [5.74, 6) is 1.13. The molecular formula is C21H24N4O3. The first kappa shape index (κ1) is 17.3. The molecule has 2 aliphatic heterocycles. The normalized spacial score (nSPS) is 24.9. The topological polar surface area (TPSA) is 78.5 Å². The van der Waals surface area contributed by atoms with E-state index >= 15 is 0 Å². The molecule has 146 valence electrons. The molecule has 1 aromatic heterocycles. The smallest absolute Gasteiger partial charge is 0.261 e. The first-order valence-electron chi connectivity index (χ1n) is 9.82. The molecule has 1 aromatic carbocycles. The van der Waals surface area contributed by atoms with E-state index in [2.05, 4.69) is 10.2 Å². The van der Waals surface area contributed by atoms with Gasteiger partial charge in [-0.05, 0) is 49.8 Å². The van der Waals surface area contributed by atoms with Gasteiger partial charge in [0, 0.05) is 18.2 Å². The Morgan fingerprint density at radius 2 is 2.11 bits per heavy atom. The number of rotatable bonds is 4. The summed E-state index contributed by atoms with van der Waals surface area (Å²) in [6, 6.07) is 5.79. The van der Waals surface area contributed by atoms with Gasteiger partial charge in [-0.1, -0.05) is 12.1 Å². The van der Waals surface area contributed by atoms with Crippen molar-refractivity contribution >= 4 is 11.8 Å². The van der Waals surface area contributed by atoms with Gasteiger partial charge in [0.2, 0.25) is 5.91 Å². The third kappa shape index (κ3) is 2.85. The van der Waals surface area contributed by atoms with Crippen LogP contribution < -0.4 is 4.74 Å². The minimum atomic E-state index is -0.365. The zero-order valence-electron chi connectivity index (χ0n) is 16.1. The predicted octanol–water partition coefficient (Wildman–Crippen LogP) is 1.94. The molecule has 7 heteroatoms. The average Bonchev–Trinajstić information content (AvgIpc) is 3.00. The molecule has 2 amide bonds. The first-order chi connectivity index (χ1) is 13.5. The Kier molecular flexibility index (Phi) is 3.92. The Morgan fingerprint density at radius 1 is 1.25 bits per heavy atom. The highest BCUT2D eigenvalue weighted by molar-refractivity contribution is 5.90. The minimum Gasteiger partial charge on any atom is -0.483 e. The van der Waals surface area contributed by atoms with E-state index in [4.69, 9.17) is 4.74 Å². The quantitative estimate of drug-likeness (QED) is 0.879. The number of hydrogen-bond acceptors (Lipinski definition) is 4. The van der Waals surface area contributed by atoms with Crippen molar-refractivity contribution in [2.45, 2.75) is 51.9 Å². The molecule has 1 saturated carbocycles. The molecule has 2 fully saturated rings. The summed E-state index contributed by atoms with van der Waals surface area (Å²) in [7, 11) is 0. The molecule has 28 heavy (non-hydrogen) atoms. The van der Waals surface area contributed by atoms with Crippen LogP contribution in [0.25, 0.3) is 0 Å². The van der Waals surface area contributed by atoms with Crippen LogP contribution in [-0.4, -0.2) is 50.5 Å². The van der Waals surface area contributed by atoms with Gasteiger partial charge in [0.1, 0.15) is 11.8 Å². The molecule has 1 aliphatic carbocycles. The lowest BCUT2D eigenvalue weighted by Gasteiger charge is -2.30. The lowest BCUT2D eigenvalue weighted by Crippen LogP contribution is -2.49. The van der Waals surface area contributed by atoms with Crippen LogP contribution in [-0.2, 0) is 22.7 Å². The molecule has 2 aromatic rings. The highest BCUT2D eigenvalue weighted by Crippen LogP contribution is 2.48. The molecule has 3 heterocycles. The largest absolute Gasteiger partial charge is 0.483 e. The number of nitrogens with zero attached hydrogens (tertiary/aromatic N) is 3. The summed E-state index contributed by atoms with van der Waals surface area (Å²) in [5.41, 5.74) is 4.15. The third-order valence-corrected chi connectivity index (χ3v) is 6.20. The van der Waals surface area contributed by atoms with Crippen LogP contribution in [0.4, 0.5) is 0 Å². The number of carbonyl (C=O) groups is 2. The maximum Gasteiger partial charge on any atom is 0.261 e. The molecular weight excluding hydrogens is 356 g/mol. The Morgan fingerprint density at radius 3 is 2.93 bits per heavy atom. The molecule has 5 rings (SSSR count). The molecule has 3 atom stereocenters. The number of aromatic amines is 1. The summed E-state index contributed by atoms with van der Waals surface area (Å²) >= 11 is 0. The highest BCUT2D eigenvalue weighted by Gasteiger charge is 2.56. The number of piperidine rings is 1. The number of carbonyl (C=O) groups excluding carboxylic acids is 2. The molecule has 0 bridgehead atoms. The van der Waals surface area contributed by atoms with E-state index in [1.54, 1.807) is 11.1 Å². The molecule has 0 spiro atoms. The molecule has 1 N–H and O–H groups in total. The lowest BCUT2D eigenvalue weighted by atomic mass is 10.1. The Balaban J connectivity index is 1.27. The van der Waals surface area contributed by atoms with Gasteiger partial charge in [0.25, 0.3) is 5.91 Å². The van der Waals surface area contributed by atoms with Crippen molar-refractivity contribution in [1.29, 1.82) is 0 Å². The standard InChI is InChI=1S/C21H24N4O3/c1-12-3-4-13(2)19(5-12)28-11-20(26)25-17-6-14(17)7-18(25)21(27)24-9-15-8-22-23-16(15)10-24/h3-5,8,14,17-18H,6-7,9-11H2,1-2H3,(H,22,23)/t14-,17-,18-/m0/s1. The van der Waals surface area contributed by atoms with Gasteiger partial charge < -0.3 is 14.5 Å². The fraction of sp³-hybridized carbons (Fsp3) is 0.476. The highest BCUT2D eigenvalue weighted by atomic mass is 16.5.